The quantitative estimate of drug-likeness (QED) is 0.462. The summed E-state index contributed by atoms with van der Waals surface area (Å²) in [6.45, 7) is 5.15. The molecule has 1 aromatic heterocycles. The van der Waals surface area contributed by atoms with Gasteiger partial charge >= 0.3 is 6.09 Å². The highest BCUT2D eigenvalue weighted by Crippen LogP contribution is 2.27. The van der Waals surface area contributed by atoms with Gasteiger partial charge in [-0.15, -0.1) is 10.2 Å². The van der Waals surface area contributed by atoms with Gasteiger partial charge in [0.2, 0.25) is 11.8 Å². The lowest BCUT2D eigenvalue weighted by molar-refractivity contribution is -0.113. The van der Waals surface area contributed by atoms with Gasteiger partial charge in [-0.05, 0) is 63.2 Å². The van der Waals surface area contributed by atoms with Crippen molar-refractivity contribution in [2.45, 2.75) is 31.6 Å². The van der Waals surface area contributed by atoms with Crippen LogP contribution < -0.4 is 15.4 Å². The van der Waals surface area contributed by atoms with Crippen LogP contribution in [0.5, 0.6) is 5.75 Å². The molecule has 174 valence electrons. The summed E-state index contributed by atoms with van der Waals surface area (Å²) in [5.41, 5.74) is 0.288. The minimum absolute atomic E-state index is 0.0767. The zero-order valence-corrected chi connectivity index (χ0v) is 19.3. The van der Waals surface area contributed by atoms with Crippen LogP contribution in [0.2, 0.25) is 0 Å². The monoisotopic (exact) mass is 474 g/mol. The molecule has 11 heteroatoms. The second-order valence-electron chi connectivity index (χ2n) is 7.76. The van der Waals surface area contributed by atoms with Crippen LogP contribution >= 0.6 is 11.8 Å². The lowest BCUT2D eigenvalue weighted by atomic mass is 10.2. The maximum atomic E-state index is 13.7. The largest absolute Gasteiger partial charge is 0.497 e. The molecule has 1 heterocycles. The topological polar surface area (TPSA) is 116 Å². The Bertz CT molecular complexity index is 1130. The standard InChI is InChI=1S/C22H23FN4O5S/c1-22(2,3)32-20(29)25-16-10-7-14(23)11-17(16)24-18(28)12-33-21-27-26-19(31-21)13-5-8-15(30-4)9-6-13/h5-11H,12H2,1-4H3,(H,24,28)(H,25,29). The number of nitrogens with one attached hydrogen (secondary N) is 2. The number of nitrogens with zero attached hydrogens (tertiary/aromatic N) is 2. The molecule has 0 radical (unpaired) electrons. The molecule has 0 fully saturated rings. The first kappa shape index (κ1) is 24.1. The lowest BCUT2D eigenvalue weighted by Crippen LogP contribution is -2.27. The van der Waals surface area contributed by atoms with E-state index in [-0.39, 0.29) is 22.4 Å². The van der Waals surface area contributed by atoms with Crippen LogP contribution in [0.25, 0.3) is 11.5 Å². The van der Waals surface area contributed by atoms with Crippen LogP contribution in [0.15, 0.2) is 52.1 Å². The van der Waals surface area contributed by atoms with Crippen LogP contribution in [-0.4, -0.2) is 40.7 Å². The van der Waals surface area contributed by atoms with Gasteiger partial charge in [-0.2, -0.15) is 0 Å². The predicted molar refractivity (Wildman–Crippen MR) is 122 cm³/mol. The molecule has 9 nitrogen and oxygen atoms in total. The van der Waals surface area contributed by atoms with Crippen molar-refractivity contribution < 1.29 is 27.9 Å². The highest BCUT2D eigenvalue weighted by molar-refractivity contribution is 7.99. The molecule has 0 aliphatic rings. The van der Waals surface area contributed by atoms with Gasteiger partial charge in [0.15, 0.2) is 0 Å². The third-order valence-electron chi connectivity index (χ3n) is 3.96. The van der Waals surface area contributed by atoms with E-state index in [9.17, 15) is 14.0 Å². The normalized spacial score (nSPS) is 11.1. The Labute approximate surface area is 194 Å². The minimum atomic E-state index is -0.726. The zero-order chi connectivity index (χ0) is 24.0. The number of ether oxygens (including phenoxy) is 2. The molecule has 0 aliphatic heterocycles. The number of amides is 2. The second kappa shape index (κ2) is 10.3. The number of anilines is 2. The number of methoxy groups -OCH3 is 1. The van der Waals surface area contributed by atoms with E-state index in [1.165, 1.54) is 6.07 Å². The van der Waals surface area contributed by atoms with Crippen molar-refractivity contribution in [1.29, 1.82) is 0 Å². The first-order valence-electron chi connectivity index (χ1n) is 9.83. The van der Waals surface area contributed by atoms with Crippen molar-refractivity contribution in [2.24, 2.45) is 0 Å². The summed E-state index contributed by atoms with van der Waals surface area (Å²) in [5.74, 6) is -0.111. The van der Waals surface area contributed by atoms with Crippen molar-refractivity contribution in [3.05, 3.63) is 48.3 Å². The Hall–Kier alpha value is -3.60. The van der Waals surface area contributed by atoms with E-state index >= 15 is 0 Å². The fourth-order valence-corrected chi connectivity index (χ4v) is 3.14. The fraction of sp³-hybridized carbons (Fsp3) is 0.273. The maximum absolute atomic E-state index is 13.7. The van der Waals surface area contributed by atoms with Gasteiger partial charge in [-0.3, -0.25) is 10.1 Å². The summed E-state index contributed by atoms with van der Waals surface area (Å²) in [6.07, 6.45) is -0.726. The van der Waals surface area contributed by atoms with Gasteiger partial charge in [0.05, 0.1) is 24.2 Å². The van der Waals surface area contributed by atoms with Crippen molar-refractivity contribution in [3.8, 4) is 17.2 Å². The van der Waals surface area contributed by atoms with Gasteiger partial charge < -0.3 is 19.2 Å². The van der Waals surface area contributed by atoms with Gasteiger partial charge in [-0.1, -0.05) is 11.8 Å². The third kappa shape index (κ3) is 7.21. The SMILES string of the molecule is COc1ccc(-c2nnc(SCC(=O)Nc3cc(F)ccc3NC(=O)OC(C)(C)C)o2)cc1. The van der Waals surface area contributed by atoms with E-state index in [0.29, 0.717) is 17.2 Å². The lowest BCUT2D eigenvalue weighted by Gasteiger charge is -2.20. The molecule has 0 atom stereocenters. The average Bonchev–Trinajstić information content (AvgIpc) is 3.22. The van der Waals surface area contributed by atoms with E-state index in [0.717, 1.165) is 23.9 Å². The van der Waals surface area contributed by atoms with E-state index in [1.807, 2.05) is 0 Å². The summed E-state index contributed by atoms with van der Waals surface area (Å²) in [7, 11) is 1.57. The Morgan fingerprint density at radius 1 is 1.06 bits per heavy atom. The molecular formula is C22H23FN4O5S. The predicted octanol–water partition coefficient (Wildman–Crippen LogP) is 4.96. The Balaban J connectivity index is 1.60. The summed E-state index contributed by atoms with van der Waals surface area (Å²) in [4.78, 5) is 24.4. The number of hydrogen-bond donors (Lipinski definition) is 2. The van der Waals surface area contributed by atoms with Gasteiger partial charge in [0, 0.05) is 5.56 Å². The number of hydrogen-bond acceptors (Lipinski definition) is 8. The summed E-state index contributed by atoms with van der Waals surface area (Å²) >= 11 is 1.02. The van der Waals surface area contributed by atoms with Crippen molar-refractivity contribution in [1.82, 2.24) is 10.2 Å². The smallest absolute Gasteiger partial charge is 0.412 e. The first-order valence-corrected chi connectivity index (χ1v) is 10.8. The molecule has 3 rings (SSSR count). The van der Waals surface area contributed by atoms with Crippen molar-refractivity contribution in [3.63, 3.8) is 0 Å². The van der Waals surface area contributed by atoms with E-state index in [1.54, 1.807) is 52.1 Å². The van der Waals surface area contributed by atoms with E-state index < -0.39 is 23.4 Å². The highest BCUT2D eigenvalue weighted by atomic mass is 32.2. The average molecular weight is 475 g/mol. The van der Waals surface area contributed by atoms with Crippen LogP contribution in [0.4, 0.5) is 20.6 Å². The fourth-order valence-electron chi connectivity index (χ4n) is 2.57. The Morgan fingerprint density at radius 2 is 1.79 bits per heavy atom. The molecule has 2 N–H and O–H groups in total. The van der Waals surface area contributed by atoms with Crippen LogP contribution in [-0.2, 0) is 9.53 Å². The molecule has 0 bridgehead atoms. The number of aromatic nitrogens is 2. The molecule has 2 amide bonds. The maximum Gasteiger partial charge on any atom is 0.412 e. The number of carbonyl (C=O) groups excluding carboxylic acids is 2. The molecule has 2 aromatic carbocycles. The Morgan fingerprint density at radius 3 is 2.45 bits per heavy atom. The third-order valence-corrected chi connectivity index (χ3v) is 4.78. The van der Waals surface area contributed by atoms with Crippen LogP contribution in [0.1, 0.15) is 20.8 Å². The van der Waals surface area contributed by atoms with Crippen LogP contribution in [0, 0.1) is 5.82 Å². The molecule has 0 unspecified atom stereocenters. The van der Waals surface area contributed by atoms with Gasteiger partial charge in [0.1, 0.15) is 17.2 Å². The van der Waals surface area contributed by atoms with E-state index in [2.05, 4.69) is 20.8 Å². The molecule has 0 saturated carbocycles. The number of benzene rings is 2. The van der Waals surface area contributed by atoms with Crippen molar-refractivity contribution >= 4 is 35.1 Å². The highest BCUT2D eigenvalue weighted by Gasteiger charge is 2.18. The first-order chi connectivity index (χ1) is 15.6. The number of rotatable bonds is 7. The summed E-state index contributed by atoms with van der Waals surface area (Å²) in [6, 6.07) is 10.7. The number of thioether (sulfide) groups is 1. The molecular weight excluding hydrogens is 451 g/mol. The molecule has 3 aromatic rings. The number of carbonyl (C=O) groups is 2. The number of halogens is 1. The summed E-state index contributed by atoms with van der Waals surface area (Å²) in [5, 5.41) is 13.2. The van der Waals surface area contributed by atoms with E-state index in [4.69, 9.17) is 13.9 Å². The van der Waals surface area contributed by atoms with Gasteiger partial charge in [0.25, 0.3) is 5.22 Å². The minimum Gasteiger partial charge on any atom is -0.497 e. The molecule has 0 spiro atoms. The van der Waals surface area contributed by atoms with Gasteiger partial charge in [-0.25, -0.2) is 9.18 Å². The molecule has 0 aliphatic carbocycles. The van der Waals surface area contributed by atoms with Crippen LogP contribution in [0.3, 0.4) is 0 Å². The molecule has 33 heavy (non-hydrogen) atoms. The zero-order valence-electron chi connectivity index (χ0n) is 18.5. The Kier molecular flexibility index (Phi) is 7.54. The summed E-state index contributed by atoms with van der Waals surface area (Å²) < 4.78 is 29.6. The molecule has 0 saturated heterocycles. The second-order valence-corrected chi connectivity index (χ2v) is 8.68. The van der Waals surface area contributed by atoms with Crippen molar-refractivity contribution in [2.75, 3.05) is 23.5 Å².